The molecule has 0 saturated carbocycles. The maximum atomic E-state index is 13.0. The molecule has 9 heteroatoms. The number of benzene rings is 4. The number of aryl methyl sites for hydroxylation is 1. The highest BCUT2D eigenvalue weighted by Crippen LogP contribution is 2.28. The van der Waals surface area contributed by atoms with Crippen LogP contribution in [0, 0.1) is 6.92 Å². The molecule has 7 nitrogen and oxygen atoms in total. The van der Waals surface area contributed by atoms with Gasteiger partial charge in [0.25, 0.3) is 10.1 Å². The maximum absolute atomic E-state index is 13.0. The smallest absolute Gasteiger partial charge is 0.294 e. The van der Waals surface area contributed by atoms with Crippen molar-refractivity contribution in [3.8, 4) is 17.2 Å². The summed E-state index contributed by atoms with van der Waals surface area (Å²) in [5.74, 6) is 1.85. The minimum atomic E-state index is -4.55. The van der Waals surface area contributed by atoms with E-state index in [1.54, 1.807) is 7.11 Å². The van der Waals surface area contributed by atoms with E-state index in [2.05, 4.69) is 0 Å². The summed E-state index contributed by atoms with van der Waals surface area (Å²) >= 11 is 0. The van der Waals surface area contributed by atoms with Gasteiger partial charge in [0.05, 0.1) is 21.8 Å². The Morgan fingerprint density at radius 2 is 1.14 bits per heavy atom. The summed E-state index contributed by atoms with van der Waals surface area (Å²) in [5.41, 5.74) is 2.50. The van der Waals surface area contributed by atoms with Gasteiger partial charge in [-0.2, -0.15) is 8.42 Å². The first kappa shape index (κ1) is 25.4. The van der Waals surface area contributed by atoms with Crippen molar-refractivity contribution >= 4 is 20.0 Å². The van der Waals surface area contributed by atoms with Gasteiger partial charge in [-0.3, -0.25) is 4.55 Å². The lowest BCUT2D eigenvalue weighted by molar-refractivity contribution is 0.414. The van der Waals surface area contributed by atoms with Crippen molar-refractivity contribution < 1.29 is 30.9 Å². The predicted octanol–water partition coefficient (Wildman–Crippen LogP) is 5.47. The number of rotatable bonds is 8. The Morgan fingerprint density at radius 1 is 0.667 bits per heavy atom. The molecule has 0 aliphatic rings. The highest BCUT2D eigenvalue weighted by Gasteiger charge is 2.22. The van der Waals surface area contributed by atoms with Crippen LogP contribution in [-0.4, -0.2) is 28.5 Å². The SMILES string of the molecule is COc1ccc(Cc2ccc(Oc3ccc(S(=O)(=O)c4ccc(C)c(S(=O)(=O)O)c4)cc3)cc2)cc1. The Balaban J connectivity index is 1.47. The quantitative estimate of drug-likeness (QED) is 0.305. The second kappa shape index (κ2) is 10.1. The Hall–Kier alpha value is -3.66. The van der Waals surface area contributed by atoms with Crippen LogP contribution in [0.1, 0.15) is 16.7 Å². The molecular weight excluding hydrogens is 500 g/mol. The zero-order chi connectivity index (χ0) is 25.9. The van der Waals surface area contributed by atoms with Gasteiger partial charge < -0.3 is 9.47 Å². The highest BCUT2D eigenvalue weighted by atomic mass is 32.2. The highest BCUT2D eigenvalue weighted by molar-refractivity contribution is 7.91. The number of ether oxygens (including phenoxy) is 2. The molecule has 0 heterocycles. The maximum Gasteiger partial charge on any atom is 0.294 e. The molecule has 4 aromatic rings. The standard InChI is InChI=1S/C27H24O7S2/c1-19-3-14-26(18-27(19)36(30,31)32)35(28,29)25-15-12-24(13-16-25)34-23-10-6-21(7-11-23)17-20-4-8-22(33-2)9-5-20/h3-16,18H,17H2,1-2H3,(H,30,31,32). The third-order valence-corrected chi connectivity index (χ3v) is 8.37. The van der Waals surface area contributed by atoms with Crippen LogP contribution in [-0.2, 0) is 26.4 Å². The fraction of sp³-hybridized carbons (Fsp3) is 0.111. The van der Waals surface area contributed by atoms with Crippen LogP contribution >= 0.6 is 0 Å². The molecule has 4 aromatic carbocycles. The normalized spacial score (nSPS) is 11.8. The second-order valence-electron chi connectivity index (χ2n) is 8.15. The van der Waals surface area contributed by atoms with E-state index < -0.39 is 24.9 Å². The molecule has 0 aliphatic heterocycles. The van der Waals surface area contributed by atoms with E-state index in [1.165, 1.54) is 43.3 Å². The summed E-state index contributed by atoms with van der Waals surface area (Å²) in [4.78, 5) is -0.712. The van der Waals surface area contributed by atoms with Crippen LogP contribution in [0.5, 0.6) is 17.2 Å². The van der Waals surface area contributed by atoms with E-state index in [4.69, 9.17) is 9.47 Å². The van der Waals surface area contributed by atoms with Gasteiger partial charge in [0.15, 0.2) is 0 Å². The summed E-state index contributed by atoms with van der Waals surface area (Å²) in [7, 11) is -6.93. The summed E-state index contributed by atoms with van der Waals surface area (Å²) in [6, 6.07) is 24.9. The zero-order valence-corrected chi connectivity index (χ0v) is 21.2. The summed E-state index contributed by atoms with van der Waals surface area (Å²) in [5, 5.41) is 0. The van der Waals surface area contributed by atoms with Gasteiger partial charge in [-0.25, -0.2) is 8.42 Å². The monoisotopic (exact) mass is 524 g/mol. The third-order valence-electron chi connectivity index (χ3n) is 5.61. The summed E-state index contributed by atoms with van der Waals surface area (Å²) < 4.78 is 69.5. The van der Waals surface area contributed by atoms with Gasteiger partial charge in [0, 0.05) is 0 Å². The molecule has 0 aromatic heterocycles. The molecule has 4 rings (SSSR count). The van der Waals surface area contributed by atoms with Gasteiger partial charge in [-0.1, -0.05) is 30.3 Å². The molecule has 0 bridgehead atoms. The van der Waals surface area contributed by atoms with Crippen molar-refractivity contribution in [3.05, 3.63) is 108 Å². The molecule has 0 radical (unpaired) electrons. The molecule has 0 spiro atoms. The number of hydrogen-bond donors (Lipinski definition) is 1. The number of hydrogen-bond acceptors (Lipinski definition) is 6. The van der Waals surface area contributed by atoms with E-state index in [0.29, 0.717) is 11.5 Å². The largest absolute Gasteiger partial charge is 0.497 e. The molecule has 36 heavy (non-hydrogen) atoms. The lowest BCUT2D eigenvalue weighted by Crippen LogP contribution is -2.06. The molecule has 186 valence electrons. The topological polar surface area (TPSA) is 107 Å². The molecule has 0 atom stereocenters. The van der Waals surface area contributed by atoms with Crippen LogP contribution < -0.4 is 9.47 Å². The lowest BCUT2D eigenvalue weighted by atomic mass is 10.0. The van der Waals surface area contributed by atoms with Crippen molar-refractivity contribution in [2.24, 2.45) is 0 Å². The first-order valence-corrected chi connectivity index (χ1v) is 13.8. The Kier molecular flexibility index (Phi) is 7.16. The van der Waals surface area contributed by atoms with Crippen LogP contribution in [0.15, 0.2) is 106 Å². The van der Waals surface area contributed by atoms with Crippen LogP contribution in [0.25, 0.3) is 0 Å². The van der Waals surface area contributed by atoms with Gasteiger partial charge in [-0.05, 0) is 90.7 Å². The minimum Gasteiger partial charge on any atom is -0.497 e. The Labute approximate surface area is 210 Å². The first-order chi connectivity index (χ1) is 17.1. The van der Waals surface area contributed by atoms with Crippen LogP contribution in [0.2, 0.25) is 0 Å². The molecule has 0 unspecified atom stereocenters. The zero-order valence-electron chi connectivity index (χ0n) is 19.6. The van der Waals surface area contributed by atoms with Crippen molar-refractivity contribution in [3.63, 3.8) is 0 Å². The van der Waals surface area contributed by atoms with E-state index in [1.807, 2.05) is 48.5 Å². The van der Waals surface area contributed by atoms with Crippen molar-refractivity contribution in [1.82, 2.24) is 0 Å². The van der Waals surface area contributed by atoms with Gasteiger partial charge in [0.1, 0.15) is 17.2 Å². The first-order valence-electron chi connectivity index (χ1n) is 10.9. The molecular formula is C27H24O7S2. The second-order valence-corrected chi connectivity index (χ2v) is 11.5. The molecule has 0 saturated heterocycles. The van der Waals surface area contributed by atoms with Gasteiger partial charge >= 0.3 is 0 Å². The average molecular weight is 525 g/mol. The van der Waals surface area contributed by atoms with Crippen LogP contribution in [0.4, 0.5) is 0 Å². The summed E-state index contributed by atoms with van der Waals surface area (Å²) in [6.07, 6.45) is 0.759. The predicted molar refractivity (Wildman–Crippen MR) is 135 cm³/mol. The van der Waals surface area contributed by atoms with Crippen molar-refractivity contribution in [1.29, 1.82) is 0 Å². The average Bonchev–Trinajstić information content (AvgIpc) is 2.85. The molecule has 0 fully saturated rings. The number of methoxy groups -OCH3 is 1. The third kappa shape index (κ3) is 5.76. The summed E-state index contributed by atoms with van der Waals surface area (Å²) in [6.45, 7) is 1.47. The van der Waals surface area contributed by atoms with E-state index in [0.717, 1.165) is 29.4 Å². The molecule has 1 N–H and O–H groups in total. The van der Waals surface area contributed by atoms with E-state index >= 15 is 0 Å². The number of sulfone groups is 1. The fourth-order valence-electron chi connectivity index (χ4n) is 3.64. The lowest BCUT2D eigenvalue weighted by Gasteiger charge is -2.10. The van der Waals surface area contributed by atoms with Crippen molar-refractivity contribution in [2.75, 3.05) is 7.11 Å². The van der Waals surface area contributed by atoms with Gasteiger partial charge in [0.2, 0.25) is 9.84 Å². The van der Waals surface area contributed by atoms with Gasteiger partial charge in [-0.15, -0.1) is 0 Å². The molecule has 0 amide bonds. The molecule has 0 aliphatic carbocycles. The fourth-order valence-corrected chi connectivity index (χ4v) is 5.75. The Morgan fingerprint density at radius 3 is 1.64 bits per heavy atom. The Bertz CT molecular complexity index is 1570. The van der Waals surface area contributed by atoms with E-state index in [9.17, 15) is 21.4 Å². The van der Waals surface area contributed by atoms with E-state index in [-0.39, 0.29) is 15.4 Å². The minimum absolute atomic E-state index is 0.0326. The van der Waals surface area contributed by atoms with Crippen molar-refractivity contribution in [2.45, 2.75) is 28.0 Å². The van der Waals surface area contributed by atoms with Crippen LogP contribution in [0.3, 0.4) is 0 Å².